The molecule has 0 fully saturated rings. The zero-order valence-corrected chi connectivity index (χ0v) is 11.8. The molecule has 2 aromatic rings. The lowest BCUT2D eigenvalue weighted by Crippen LogP contribution is -2.20. The van der Waals surface area contributed by atoms with Gasteiger partial charge in [0.2, 0.25) is 0 Å². The van der Waals surface area contributed by atoms with Gasteiger partial charge in [-0.2, -0.15) is 0 Å². The third-order valence-electron chi connectivity index (χ3n) is 2.74. The minimum Gasteiger partial charge on any atom is -0.313 e. The summed E-state index contributed by atoms with van der Waals surface area (Å²) in [6.07, 6.45) is 0.635. The number of hydrogen-bond donors (Lipinski definition) is 1. The molecule has 1 unspecified atom stereocenters. The minimum atomic E-state index is -0.282. The van der Waals surface area contributed by atoms with E-state index in [-0.39, 0.29) is 11.9 Å². The molecule has 18 heavy (non-hydrogen) atoms. The molecule has 1 aromatic heterocycles. The molecular formula is C13H14ClFN2S. The summed E-state index contributed by atoms with van der Waals surface area (Å²) in [5.74, 6) is -0.282. The van der Waals surface area contributed by atoms with Crippen LogP contribution in [0.3, 0.4) is 0 Å². The van der Waals surface area contributed by atoms with Crippen LogP contribution in [-0.4, -0.2) is 12.0 Å². The summed E-state index contributed by atoms with van der Waals surface area (Å²) in [6.45, 7) is 1.95. The lowest BCUT2D eigenvalue weighted by atomic mass is 10.0. The zero-order chi connectivity index (χ0) is 13.1. The Kier molecular flexibility index (Phi) is 4.32. The summed E-state index contributed by atoms with van der Waals surface area (Å²) in [7, 11) is 1.80. The van der Waals surface area contributed by atoms with E-state index in [9.17, 15) is 4.39 Å². The highest BCUT2D eigenvalue weighted by molar-refractivity contribution is 7.09. The quantitative estimate of drug-likeness (QED) is 0.925. The average Bonchev–Trinajstić information content (AvgIpc) is 2.73. The van der Waals surface area contributed by atoms with Gasteiger partial charge in [-0.1, -0.05) is 17.7 Å². The van der Waals surface area contributed by atoms with Crippen molar-refractivity contribution in [2.45, 2.75) is 19.4 Å². The van der Waals surface area contributed by atoms with Crippen molar-refractivity contribution in [1.82, 2.24) is 10.3 Å². The molecule has 0 bridgehead atoms. The van der Waals surface area contributed by atoms with Gasteiger partial charge >= 0.3 is 0 Å². The number of nitrogens with one attached hydrogen (secondary N) is 1. The van der Waals surface area contributed by atoms with E-state index in [2.05, 4.69) is 10.3 Å². The predicted molar refractivity (Wildman–Crippen MR) is 73.8 cm³/mol. The van der Waals surface area contributed by atoms with Crippen molar-refractivity contribution < 1.29 is 4.39 Å². The molecule has 1 N–H and O–H groups in total. The third-order valence-corrected chi connectivity index (χ3v) is 4.06. The van der Waals surface area contributed by atoms with E-state index < -0.39 is 0 Å². The highest BCUT2D eigenvalue weighted by atomic mass is 35.5. The lowest BCUT2D eigenvalue weighted by Gasteiger charge is -2.17. The fourth-order valence-electron chi connectivity index (χ4n) is 1.86. The van der Waals surface area contributed by atoms with Crippen LogP contribution in [-0.2, 0) is 6.42 Å². The summed E-state index contributed by atoms with van der Waals surface area (Å²) >= 11 is 7.66. The first-order chi connectivity index (χ1) is 8.61. The van der Waals surface area contributed by atoms with Crippen LogP contribution < -0.4 is 5.32 Å². The summed E-state index contributed by atoms with van der Waals surface area (Å²) in [4.78, 5) is 4.40. The maximum Gasteiger partial charge on any atom is 0.129 e. The number of hydrogen-bond acceptors (Lipinski definition) is 3. The Hall–Kier alpha value is -0.970. The van der Waals surface area contributed by atoms with Crippen LogP contribution >= 0.6 is 22.9 Å². The van der Waals surface area contributed by atoms with Gasteiger partial charge in [-0.15, -0.1) is 11.3 Å². The van der Waals surface area contributed by atoms with Gasteiger partial charge in [0.15, 0.2) is 0 Å². The van der Waals surface area contributed by atoms with Gasteiger partial charge in [-0.05, 0) is 26.1 Å². The Bertz CT molecular complexity index is 521. The molecule has 0 saturated heterocycles. The third kappa shape index (κ3) is 2.88. The van der Waals surface area contributed by atoms with Crippen molar-refractivity contribution in [2.24, 2.45) is 0 Å². The average molecular weight is 285 g/mol. The number of halogens is 2. The number of aromatic nitrogens is 1. The summed E-state index contributed by atoms with van der Waals surface area (Å²) in [6, 6.07) is 4.58. The molecule has 0 radical (unpaired) electrons. The van der Waals surface area contributed by atoms with Crippen LogP contribution in [0.25, 0.3) is 0 Å². The number of benzene rings is 1. The number of aryl methyl sites for hydroxylation is 1. The highest BCUT2D eigenvalue weighted by Crippen LogP contribution is 2.28. The Morgan fingerprint density at radius 1 is 1.50 bits per heavy atom. The van der Waals surface area contributed by atoms with Crippen LogP contribution in [0.2, 0.25) is 5.02 Å². The van der Waals surface area contributed by atoms with Gasteiger partial charge < -0.3 is 5.32 Å². The minimum absolute atomic E-state index is 0.163. The van der Waals surface area contributed by atoms with E-state index in [1.165, 1.54) is 6.07 Å². The Morgan fingerprint density at radius 3 is 2.83 bits per heavy atom. The smallest absolute Gasteiger partial charge is 0.129 e. The van der Waals surface area contributed by atoms with Gasteiger partial charge in [-0.3, -0.25) is 0 Å². The van der Waals surface area contributed by atoms with E-state index in [1.807, 2.05) is 12.3 Å². The predicted octanol–water partition coefficient (Wildman–Crippen LogP) is 3.75. The number of likely N-dealkylation sites (N-methyl/N-ethyl adjacent to an activating group) is 1. The number of nitrogens with zero attached hydrogens (tertiary/aromatic N) is 1. The molecule has 1 heterocycles. The van der Waals surface area contributed by atoms with E-state index >= 15 is 0 Å². The maximum absolute atomic E-state index is 13.9. The van der Waals surface area contributed by atoms with E-state index in [4.69, 9.17) is 11.6 Å². The van der Waals surface area contributed by atoms with E-state index in [0.29, 0.717) is 17.0 Å². The van der Waals surface area contributed by atoms with Crippen molar-refractivity contribution in [3.63, 3.8) is 0 Å². The molecule has 1 aromatic carbocycles. The van der Waals surface area contributed by atoms with Crippen molar-refractivity contribution in [1.29, 1.82) is 0 Å². The van der Waals surface area contributed by atoms with Crippen LogP contribution in [0.15, 0.2) is 23.6 Å². The van der Waals surface area contributed by atoms with Crippen LogP contribution in [0.4, 0.5) is 4.39 Å². The Labute approximate surface area is 115 Å². The largest absolute Gasteiger partial charge is 0.313 e. The first-order valence-electron chi connectivity index (χ1n) is 5.64. The molecule has 0 amide bonds. The standard InChI is InChI=1S/C13H14ClFN2S/c1-8-7-18-12(17-8)6-11(16-2)13-9(14)4-3-5-10(13)15/h3-5,7,11,16H,6H2,1-2H3. The first-order valence-corrected chi connectivity index (χ1v) is 6.89. The van der Waals surface area contributed by atoms with Crippen molar-refractivity contribution in [2.75, 3.05) is 7.05 Å². The number of rotatable bonds is 4. The molecule has 2 rings (SSSR count). The van der Waals surface area contributed by atoms with Gasteiger partial charge in [-0.25, -0.2) is 9.37 Å². The Balaban J connectivity index is 2.28. The number of thiazole rings is 1. The molecular weight excluding hydrogens is 271 g/mol. The van der Waals surface area contributed by atoms with Gasteiger partial charge in [0, 0.05) is 34.1 Å². The van der Waals surface area contributed by atoms with Crippen LogP contribution in [0.5, 0.6) is 0 Å². The lowest BCUT2D eigenvalue weighted by molar-refractivity contribution is 0.533. The summed E-state index contributed by atoms with van der Waals surface area (Å²) < 4.78 is 13.9. The molecule has 1 atom stereocenters. The molecule has 5 heteroatoms. The van der Waals surface area contributed by atoms with Crippen molar-refractivity contribution in [3.8, 4) is 0 Å². The van der Waals surface area contributed by atoms with E-state index in [1.54, 1.807) is 30.5 Å². The maximum atomic E-state index is 13.9. The van der Waals surface area contributed by atoms with Gasteiger partial charge in [0.05, 0.1) is 5.01 Å². The summed E-state index contributed by atoms with van der Waals surface area (Å²) in [5, 5.41) is 6.52. The Morgan fingerprint density at radius 2 is 2.28 bits per heavy atom. The molecule has 0 saturated carbocycles. The topological polar surface area (TPSA) is 24.9 Å². The molecule has 2 nitrogen and oxygen atoms in total. The second-order valence-corrected chi connectivity index (χ2v) is 5.41. The molecule has 0 aliphatic rings. The first kappa shape index (κ1) is 13.5. The fraction of sp³-hybridized carbons (Fsp3) is 0.308. The second-order valence-electron chi connectivity index (χ2n) is 4.06. The molecule has 96 valence electrons. The van der Waals surface area contributed by atoms with E-state index in [0.717, 1.165) is 10.7 Å². The second kappa shape index (κ2) is 5.78. The van der Waals surface area contributed by atoms with Crippen LogP contribution in [0, 0.1) is 12.7 Å². The van der Waals surface area contributed by atoms with Crippen LogP contribution in [0.1, 0.15) is 22.3 Å². The molecule has 0 spiro atoms. The van der Waals surface area contributed by atoms with Gasteiger partial charge in [0.25, 0.3) is 0 Å². The van der Waals surface area contributed by atoms with Gasteiger partial charge in [0.1, 0.15) is 5.82 Å². The van der Waals surface area contributed by atoms with Crippen molar-refractivity contribution in [3.05, 3.63) is 50.7 Å². The highest BCUT2D eigenvalue weighted by Gasteiger charge is 2.19. The SMILES string of the molecule is CNC(Cc1nc(C)cs1)c1c(F)cccc1Cl. The summed E-state index contributed by atoms with van der Waals surface area (Å²) in [5.41, 5.74) is 1.50. The fourth-order valence-corrected chi connectivity index (χ4v) is 2.98. The van der Waals surface area contributed by atoms with Crippen molar-refractivity contribution >= 4 is 22.9 Å². The monoisotopic (exact) mass is 284 g/mol. The molecule has 0 aliphatic heterocycles. The molecule has 0 aliphatic carbocycles. The zero-order valence-electron chi connectivity index (χ0n) is 10.2. The normalized spacial score (nSPS) is 12.7.